The van der Waals surface area contributed by atoms with Gasteiger partial charge in [-0.15, -0.1) is 0 Å². The molecule has 16 heavy (non-hydrogen) atoms. The van der Waals surface area contributed by atoms with Crippen molar-refractivity contribution in [2.45, 2.75) is 19.4 Å². The Balaban J connectivity index is 2.29. The molecule has 0 saturated carbocycles. The fraction of sp³-hybridized carbons (Fsp3) is 0.818. The topological polar surface area (TPSA) is 73.6 Å². The molecule has 5 heteroatoms. The lowest BCUT2D eigenvalue weighted by Crippen LogP contribution is -2.41. The van der Waals surface area contributed by atoms with Crippen LogP contribution in [0, 0.1) is 11.3 Å². The molecular formula is C11H20N2O3. The van der Waals surface area contributed by atoms with Crippen molar-refractivity contribution in [3.05, 3.63) is 0 Å². The average molecular weight is 228 g/mol. The highest BCUT2D eigenvalue weighted by molar-refractivity contribution is 6.26. The van der Waals surface area contributed by atoms with Crippen molar-refractivity contribution in [3.8, 4) is 0 Å². The second-order valence-corrected chi connectivity index (χ2v) is 4.27. The highest BCUT2D eigenvalue weighted by Gasteiger charge is 2.20. The molecule has 0 aromatic heterocycles. The van der Waals surface area contributed by atoms with Crippen LogP contribution in [0.2, 0.25) is 0 Å². The molecule has 1 rings (SSSR count). The molecule has 1 aliphatic heterocycles. The van der Waals surface area contributed by atoms with Crippen LogP contribution in [0.5, 0.6) is 0 Å². The Kier molecular flexibility index (Phi) is 5.59. The van der Waals surface area contributed by atoms with Gasteiger partial charge in [-0.3, -0.25) is 9.69 Å². The predicted molar refractivity (Wildman–Crippen MR) is 60.8 cm³/mol. The first-order valence-corrected chi connectivity index (χ1v) is 5.65. The zero-order valence-electron chi connectivity index (χ0n) is 9.69. The van der Waals surface area contributed by atoms with E-state index in [0.29, 0.717) is 0 Å². The lowest BCUT2D eigenvalue weighted by atomic mass is 9.99. The number of carbonyl (C=O) groups excluding carboxylic acids is 1. The molecule has 5 nitrogen and oxygen atoms in total. The number of nitrogens with one attached hydrogen (secondary N) is 1. The summed E-state index contributed by atoms with van der Waals surface area (Å²) in [7, 11) is 0. The highest BCUT2D eigenvalue weighted by atomic mass is 16.5. The molecule has 2 atom stereocenters. The van der Waals surface area contributed by atoms with E-state index in [0.717, 1.165) is 39.1 Å². The highest BCUT2D eigenvalue weighted by Crippen LogP contribution is 2.10. The minimum Gasteiger partial charge on any atom is -0.392 e. The number of ether oxygens (including phenoxy) is 1. The van der Waals surface area contributed by atoms with Crippen LogP contribution in [0.25, 0.3) is 0 Å². The van der Waals surface area contributed by atoms with Crippen molar-refractivity contribution in [1.82, 2.24) is 4.90 Å². The monoisotopic (exact) mass is 228 g/mol. The molecule has 0 spiro atoms. The van der Waals surface area contributed by atoms with Gasteiger partial charge in [0.1, 0.15) is 0 Å². The normalized spacial score (nSPS) is 21.4. The summed E-state index contributed by atoms with van der Waals surface area (Å²) in [6.45, 7) is 5.95. The van der Waals surface area contributed by atoms with E-state index in [1.807, 2.05) is 6.92 Å². The summed E-state index contributed by atoms with van der Waals surface area (Å²) in [5, 5.41) is 16.6. The van der Waals surface area contributed by atoms with Crippen molar-refractivity contribution in [1.29, 1.82) is 5.41 Å². The lowest BCUT2D eigenvalue weighted by Gasteiger charge is -2.30. The van der Waals surface area contributed by atoms with Crippen LogP contribution in [-0.4, -0.2) is 61.0 Å². The number of hydrogen-bond acceptors (Lipinski definition) is 5. The van der Waals surface area contributed by atoms with Gasteiger partial charge in [-0.25, -0.2) is 0 Å². The van der Waals surface area contributed by atoms with Gasteiger partial charge in [-0.05, 0) is 5.92 Å². The summed E-state index contributed by atoms with van der Waals surface area (Å²) >= 11 is 0. The molecule has 1 fully saturated rings. The largest absolute Gasteiger partial charge is 0.392 e. The van der Waals surface area contributed by atoms with Crippen LogP contribution in [0.1, 0.15) is 13.3 Å². The van der Waals surface area contributed by atoms with Gasteiger partial charge < -0.3 is 15.3 Å². The third-order valence-electron chi connectivity index (χ3n) is 2.88. The van der Waals surface area contributed by atoms with E-state index in [2.05, 4.69) is 4.90 Å². The van der Waals surface area contributed by atoms with Crippen LogP contribution in [-0.2, 0) is 9.53 Å². The molecule has 1 saturated heterocycles. The fourth-order valence-corrected chi connectivity index (χ4v) is 1.78. The van der Waals surface area contributed by atoms with E-state index >= 15 is 0 Å². The molecular weight excluding hydrogens is 208 g/mol. The molecule has 1 heterocycles. The fourth-order valence-electron chi connectivity index (χ4n) is 1.78. The minimum absolute atomic E-state index is 0.0435. The van der Waals surface area contributed by atoms with E-state index in [9.17, 15) is 9.90 Å². The summed E-state index contributed by atoms with van der Waals surface area (Å²) in [5.41, 5.74) is 0. The maximum Gasteiger partial charge on any atom is 0.175 e. The number of carbonyl (C=O) groups is 1. The van der Waals surface area contributed by atoms with Gasteiger partial charge in [-0.1, -0.05) is 6.92 Å². The summed E-state index contributed by atoms with van der Waals surface area (Å²) < 4.78 is 5.24. The number of morpholine rings is 1. The lowest BCUT2D eigenvalue weighted by molar-refractivity contribution is -0.115. The first-order valence-electron chi connectivity index (χ1n) is 5.65. The number of nitrogens with zero attached hydrogens (tertiary/aromatic N) is 1. The number of ketones is 1. The number of rotatable bonds is 6. The molecule has 0 bridgehead atoms. The predicted octanol–water partition coefficient (Wildman–Crippen LogP) is -0.0756. The number of aliphatic hydroxyl groups is 1. The Bertz CT molecular complexity index is 239. The second kappa shape index (κ2) is 6.73. The van der Waals surface area contributed by atoms with Crippen molar-refractivity contribution in [2.75, 3.05) is 32.8 Å². The van der Waals surface area contributed by atoms with Crippen LogP contribution >= 0.6 is 0 Å². The Morgan fingerprint density at radius 1 is 1.56 bits per heavy atom. The van der Waals surface area contributed by atoms with Crippen LogP contribution in [0.3, 0.4) is 0 Å². The van der Waals surface area contributed by atoms with E-state index in [4.69, 9.17) is 10.1 Å². The van der Waals surface area contributed by atoms with Gasteiger partial charge in [-0.2, -0.15) is 0 Å². The average Bonchev–Trinajstić information content (AvgIpc) is 2.30. The second-order valence-electron chi connectivity index (χ2n) is 4.27. The molecule has 0 aliphatic carbocycles. The Morgan fingerprint density at radius 2 is 2.19 bits per heavy atom. The van der Waals surface area contributed by atoms with Crippen molar-refractivity contribution in [2.24, 2.45) is 5.92 Å². The summed E-state index contributed by atoms with van der Waals surface area (Å²) in [6, 6.07) is 0. The standard InChI is InChI=1S/C11H20N2O3/c1-9(11(15)6-10(14)7-12)8-13-2-4-16-5-3-13/h7,9,11-12,15H,2-6,8H2,1H3/t9?,11-/m0/s1. The minimum atomic E-state index is -0.656. The quantitative estimate of drug-likeness (QED) is 0.624. The molecule has 92 valence electrons. The van der Waals surface area contributed by atoms with Crippen molar-refractivity contribution >= 4 is 12.0 Å². The number of Topliss-reactive ketones (excluding diaryl/α,β-unsaturated/α-hetero) is 1. The van der Waals surface area contributed by atoms with Crippen LogP contribution in [0.4, 0.5) is 0 Å². The van der Waals surface area contributed by atoms with E-state index in [1.165, 1.54) is 0 Å². The Hall–Kier alpha value is -0.780. The third kappa shape index (κ3) is 4.38. The molecule has 1 unspecified atom stereocenters. The Labute approximate surface area is 95.9 Å². The maximum atomic E-state index is 11.0. The SMILES string of the molecule is CC(CN1CCOCC1)[C@@H](O)CC(=O)C=N. The number of aliphatic hydroxyl groups excluding tert-OH is 1. The first kappa shape index (κ1) is 13.3. The van der Waals surface area contributed by atoms with Crippen LogP contribution < -0.4 is 0 Å². The van der Waals surface area contributed by atoms with Gasteiger partial charge in [0.2, 0.25) is 0 Å². The molecule has 0 aromatic carbocycles. The molecule has 2 N–H and O–H groups in total. The molecule has 1 aliphatic rings. The molecule has 0 amide bonds. The van der Waals surface area contributed by atoms with Crippen molar-refractivity contribution < 1.29 is 14.6 Å². The van der Waals surface area contributed by atoms with Gasteiger partial charge in [0.25, 0.3) is 0 Å². The smallest absolute Gasteiger partial charge is 0.175 e. The van der Waals surface area contributed by atoms with E-state index in [-0.39, 0.29) is 18.1 Å². The van der Waals surface area contributed by atoms with E-state index in [1.54, 1.807) is 0 Å². The van der Waals surface area contributed by atoms with Gasteiger partial charge >= 0.3 is 0 Å². The zero-order chi connectivity index (χ0) is 12.0. The first-order chi connectivity index (χ1) is 7.63. The van der Waals surface area contributed by atoms with Gasteiger partial charge in [0.05, 0.1) is 25.5 Å². The number of hydrogen-bond donors (Lipinski definition) is 2. The Morgan fingerprint density at radius 3 is 2.75 bits per heavy atom. The maximum absolute atomic E-state index is 11.0. The van der Waals surface area contributed by atoms with Gasteiger partial charge in [0, 0.05) is 26.1 Å². The third-order valence-corrected chi connectivity index (χ3v) is 2.88. The van der Waals surface area contributed by atoms with E-state index < -0.39 is 6.10 Å². The molecule has 0 aromatic rings. The molecule has 0 radical (unpaired) electrons. The van der Waals surface area contributed by atoms with Crippen molar-refractivity contribution in [3.63, 3.8) is 0 Å². The zero-order valence-corrected chi connectivity index (χ0v) is 9.69. The van der Waals surface area contributed by atoms with Crippen LogP contribution in [0.15, 0.2) is 0 Å². The van der Waals surface area contributed by atoms with Gasteiger partial charge in [0.15, 0.2) is 5.78 Å². The summed E-state index contributed by atoms with van der Waals surface area (Å²) in [5.74, 6) is -0.275. The summed E-state index contributed by atoms with van der Waals surface area (Å²) in [6.07, 6.45) is 0.164. The summed E-state index contributed by atoms with van der Waals surface area (Å²) in [4.78, 5) is 13.2.